The van der Waals surface area contributed by atoms with Gasteiger partial charge in [-0.1, -0.05) is 29.8 Å². The van der Waals surface area contributed by atoms with Crippen LogP contribution in [0.25, 0.3) is 0 Å². The second-order valence-corrected chi connectivity index (χ2v) is 10.5. The SMILES string of the molecule is O=C(COC(=O)c1cccc(N2C(=O)[C@@H]3[C@H]4C[C@@H]([C@H](Cl)[C@@H]4Cl)[C@@H]3C2=O)c1)NNC(=O)c1ccccc1Cl. The number of carbonyl (C=O) groups is 5. The van der Waals surface area contributed by atoms with Gasteiger partial charge in [-0.05, 0) is 48.6 Å². The number of nitrogens with zero attached hydrogens (tertiary/aromatic N) is 1. The zero-order valence-electron chi connectivity index (χ0n) is 19.0. The van der Waals surface area contributed by atoms with E-state index in [2.05, 4.69) is 10.9 Å². The molecule has 2 N–H and O–H groups in total. The van der Waals surface area contributed by atoms with Crippen molar-refractivity contribution in [3.05, 3.63) is 64.7 Å². The van der Waals surface area contributed by atoms with Gasteiger partial charge in [-0.2, -0.15) is 0 Å². The third-order valence-corrected chi connectivity index (χ3v) is 8.74. The van der Waals surface area contributed by atoms with Gasteiger partial charge in [0, 0.05) is 0 Å². The summed E-state index contributed by atoms with van der Waals surface area (Å²) in [5.41, 5.74) is 4.74. The van der Waals surface area contributed by atoms with Crippen LogP contribution in [0, 0.1) is 23.7 Å². The Kier molecular flexibility index (Phi) is 6.87. The predicted octanol–water partition coefficient (Wildman–Crippen LogP) is 2.93. The number of anilines is 1. The minimum absolute atomic E-state index is 0.0384. The maximum Gasteiger partial charge on any atom is 0.338 e. The molecule has 4 amide bonds. The van der Waals surface area contributed by atoms with Crippen molar-refractivity contribution in [3.63, 3.8) is 0 Å². The summed E-state index contributed by atoms with van der Waals surface area (Å²) in [6.45, 7) is -0.685. The van der Waals surface area contributed by atoms with Gasteiger partial charge in [0.05, 0.1) is 44.4 Å². The van der Waals surface area contributed by atoms with E-state index in [1.54, 1.807) is 18.2 Å². The molecule has 6 atom stereocenters. The van der Waals surface area contributed by atoms with E-state index >= 15 is 0 Å². The lowest BCUT2D eigenvalue weighted by atomic mass is 9.80. The fourth-order valence-corrected chi connectivity index (χ4v) is 6.58. The van der Waals surface area contributed by atoms with Crippen molar-refractivity contribution in [2.75, 3.05) is 11.5 Å². The quantitative estimate of drug-likeness (QED) is 0.249. The molecule has 0 radical (unpaired) electrons. The highest BCUT2D eigenvalue weighted by atomic mass is 35.5. The molecule has 1 aliphatic heterocycles. The number of halogens is 3. The Morgan fingerprint density at radius 2 is 1.57 bits per heavy atom. The Morgan fingerprint density at radius 3 is 2.22 bits per heavy atom. The van der Waals surface area contributed by atoms with Gasteiger partial charge in [-0.15, -0.1) is 23.2 Å². The summed E-state index contributed by atoms with van der Waals surface area (Å²) in [6.07, 6.45) is 0.649. The molecule has 0 unspecified atom stereocenters. The number of hydrazine groups is 1. The average molecular weight is 565 g/mol. The molecule has 0 aromatic heterocycles. The van der Waals surface area contributed by atoms with Gasteiger partial charge in [0.2, 0.25) is 11.8 Å². The van der Waals surface area contributed by atoms with Gasteiger partial charge in [0.15, 0.2) is 6.61 Å². The molecule has 0 spiro atoms. The second-order valence-electron chi connectivity index (χ2n) is 9.12. The van der Waals surface area contributed by atoms with Crippen molar-refractivity contribution < 1.29 is 28.7 Å². The van der Waals surface area contributed by atoms with Gasteiger partial charge >= 0.3 is 5.97 Å². The number of benzene rings is 2. The van der Waals surface area contributed by atoms with E-state index in [0.29, 0.717) is 6.42 Å². The molecule has 3 aliphatic rings. The molecule has 9 nitrogen and oxygen atoms in total. The highest BCUT2D eigenvalue weighted by Gasteiger charge is 2.66. The normalized spacial score (nSPS) is 27.7. The van der Waals surface area contributed by atoms with Gasteiger partial charge < -0.3 is 4.74 Å². The molecule has 2 saturated carbocycles. The van der Waals surface area contributed by atoms with Crippen LogP contribution in [0.4, 0.5) is 5.69 Å². The highest BCUT2D eigenvalue weighted by Crippen LogP contribution is 2.59. The van der Waals surface area contributed by atoms with Gasteiger partial charge in [-0.3, -0.25) is 34.9 Å². The molecule has 5 rings (SSSR count). The monoisotopic (exact) mass is 563 g/mol. The molecular formula is C25H20Cl3N3O6. The van der Waals surface area contributed by atoms with E-state index in [9.17, 15) is 24.0 Å². The number of rotatable bonds is 5. The Labute approximate surface area is 226 Å². The topological polar surface area (TPSA) is 122 Å². The Morgan fingerprint density at radius 1 is 0.919 bits per heavy atom. The number of esters is 1. The van der Waals surface area contributed by atoms with Crippen LogP contribution in [0.1, 0.15) is 27.1 Å². The minimum Gasteiger partial charge on any atom is -0.452 e. The van der Waals surface area contributed by atoms with Crippen LogP contribution in [0.15, 0.2) is 48.5 Å². The zero-order valence-corrected chi connectivity index (χ0v) is 21.3. The maximum absolute atomic E-state index is 13.2. The lowest BCUT2D eigenvalue weighted by Gasteiger charge is -2.28. The van der Waals surface area contributed by atoms with E-state index < -0.39 is 36.2 Å². The minimum atomic E-state index is -0.851. The predicted molar refractivity (Wildman–Crippen MR) is 134 cm³/mol. The Hall–Kier alpha value is -3.14. The van der Waals surface area contributed by atoms with E-state index in [1.165, 1.54) is 30.3 Å². The molecule has 37 heavy (non-hydrogen) atoms. The summed E-state index contributed by atoms with van der Waals surface area (Å²) >= 11 is 18.7. The van der Waals surface area contributed by atoms with E-state index in [1.807, 2.05) is 0 Å². The van der Waals surface area contributed by atoms with Crippen molar-refractivity contribution in [2.24, 2.45) is 23.7 Å². The first-order chi connectivity index (χ1) is 17.7. The first-order valence-electron chi connectivity index (χ1n) is 11.5. The summed E-state index contributed by atoms with van der Waals surface area (Å²) in [4.78, 5) is 64.1. The second kappa shape index (κ2) is 9.96. The van der Waals surface area contributed by atoms with Crippen LogP contribution in [0.2, 0.25) is 5.02 Å². The number of nitrogens with one attached hydrogen (secondary N) is 2. The lowest BCUT2D eigenvalue weighted by molar-refractivity contribution is -0.125. The Bertz CT molecular complexity index is 1290. The third kappa shape index (κ3) is 4.45. The van der Waals surface area contributed by atoms with E-state index in [0.717, 1.165) is 4.90 Å². The summed E-state index contributed by atoms with van der Waals surface area (Å²) in [5, 5.41) is -0.533. The van der Waals surface area contributed by atoms with Gasteiger partial charge in [-0.25, -0.2) is 4.79 Å². The lowest BCUT2D eigenvalue weighted by Crippen LogP contribution is -2.43. The largest absolute Gasteiger partial charge is 0.452 e. The van der Waals surface area contributed by atoms with Crippen molar-refractivity contribution in [2.45, 2.75) is 17.2 Å². The number of amides is 4. The van der Waals surface area contributed by atoms with Crippen LogP contribution >= 0.6 is 34.8 Å². The summed E-state index contributed by atoms with van der Waals surface area (Å²) in [5.74, 6) is -4.34. The molecule has 2 bridgehead atoms. The number of ether oxygens (including phenoxy) is 1. The van der Waals surface area contributed by atoms with Crippen molar-refractivity contribution in [1.82, 2.24) is 10.9 Å². The van der Waals surface area contributed by atoms with Crippen molar-refractivity contribution >= 4 is 70.1 Å². The van der Waals surface area contributed by atoms with Crippen LogP contribution in [0.3, 0.4) is 0 Å². The van der Waals surface area contributed by atoms with Crippen LogP contribution in [0.5, 0.6) is 0 Å². The number of imide groups is 1. The van der Waals surface area contributed by atoms with Crippen molar-refractivity contribution in [3.8, 4) is 0 Å². The van der Waals surface area contributed by atoms with Crippen LogP contribution in [-0.2, 0) is 19.1 Å². The third-order valence-electron chi connectivity index (χ3n) is 7.10. The molecule has 1 saturated heterocycles. The first kappa shape index (κ1) is 25.5. The summed E-state index contributed by atoms with van der Waals surface area (Å²) in [6, 6.07) is 12.1. The molecular weight excluding hydrogens is 545 g/mol. The number of carbonyl (C=O) groups excluding carboxylic acids is 5. The number of hydrogen-bond acceptors (Lipinski definition) is 6. The number of hydrogen-bond donors (Lipinski definition) is 2. The van der Waals surface area contributed by atoms with Gasteiger partial charge in [0.1, 0.15) is 0 Å². The van der Waals surface area contributed by atoms with E-state index in [-0.39, 0.29) is 56.2 Å². The van der Waals surface area contributed by atoms with Crippen molar-refractivity contribution in [1.29, 1.82) is 0 Å². The zero-order chi connectivity index (χ0) is 26.4. The fraction of sp³-hybridized carbons (Fsp3) is 0.320. The molecule has 12 heteroatoms. The fourth-order valence-electron chi connectivity index (χ4n) is 5.46. The molecule has 2 aromatic carbocycles. The smallest absolute Gasteiger partial charge is 0.338 e. The maximum atomic E-state index is 13.2. The van der Waals surface area contributed by atoms with Gasteiger partial charge in [0.25, 0.3) is 11.8 Å². The molecule has 2 aromatic rings. The summed E-state index contributed by atoms with van der Waals surface area (Å²) < 4.78 is 5.02. The Balaban J connectivity index is 1.20. The molecule has 192 valence electrons. The molecule has 1 heterocycles. The summed E-state index contributed by atoms with van der Waals surface area (Å²) in [7, 11) is 0. The van der Waals surface area contributed by atoms with E-state index in [4.69, 9.17) is 39.5 Å². The number of alkyl halides is 2. The van der Waals surface area contributed by atoms with Crippen LogP contribution in [-0.4, -0.2) is 47.0 Å². The highest BCUT2D eigenvalue weighted by molar-refractivity contribution is 6.34. The molecule has 2 aliphatic carbocycles. The average Bonchev–Trinajstić information content (AvgIpc) is 3.50. The first-order valence-corrected chi connectivity index (χ1v) is 12.7. The molecule has 3 fully saturated rings. The van der Waals surface area contributed by atoms with Crippen LogP contribution < -0.4 is 15.8 Å². The standard InChI is InChI=1S/C25H20Cl3N3O6/c26-16-7-2-1-6-13(16)22(33)30-29-17(32)10-37-25(36)11-4-3-5-12(8-11)31-23(34)18-14-9-15(19(18)24(31)35)21(28)20(14)27/h1-8,14-15,18-21H,9-10H2,(H,29,32)(H,30,33)/t14-,15-,18-,19+,20-,21+/m1/s1. The number of fused-ring (bicyclic) bond motifs is 5.